The lowest BCUT2D eigenvalue weighted by atomic mass is 9.99. The first kappa shape index (κ1) is 10.8. The van der Waals surface area contributed by atoms with Crippen LogP contribution >= 0.6 is 0 Å². The van der Waals surface area contributed by atoms with Crippen molar-refractivity contribution in [2.75, 3.05) is 6.61 Å². The number of hydrogen-bond acceptors (Lipinski definition) is 7. The van der Waals surface area contributed by atoms with E-state index in [4.69, 9.17) is 15.5 Å². The Kier molecular flexibility index (Phi) is 3.56. The molecule has 1 aliphatic heterocycles. The van der Waals surface area contributed by atoms with Crippen molar-refractivity contribution >= 4 is 0 Å². The number of aliphatic hydroxyl groups excluding tert-OH is 4. The molecule has 0 bridgehead atoms. The Morgan fingerprint density at radius 2 is 1.77 bits per heavy atom. The van der Waals surface area contributed by atoms with E-state index in [0.717, 1.165) is 0 Å². The highest BCUT2D eigenvalue weighted by atomic mass is 17.1. The second-order valence-corrected chi connectivity index (χ2v) is 2.80. The van der Waals surface area contributed by atoms with Gasteiger partial charge >= 0.3 is 0 Å². The minimum atomic E-state index is -1.58. The molecule has 1 heterocycles. The van der Waals surface area contributed by atoms with E-state index in [0.29, 0.717) is 0 Å². The summed E-state index contributed by atoms with van der Waals surface area (Å²) < 4.78 is 4.63. The Labute approximate surface area is 73.7 Å². The van der Waals surface area contributed by atoms with E-state index in [1.165, 1.54) is 0 Å². The first-order chi connectivity index (χ1) is 6.11. The van der Waals surface area contributed by atoms with Gasteiger partial charge in [0.2, 0.25) is 0 Å². The summed E-state index contributed by atoms with van der Waals surface area (Å²) in [5.74, 6) is 0. The normalized spacial score (nSPS) is 46.4. The molecule has 7 heteroatoms. The maximum atomic E-state index is 9.22. The van der Waals surface area contributed by atoms with Gasteiger partial charge in [0.1, 0.15) is 18.3 Å². The number of aliphatic hydroxyl groups is 4. The highest BCUT2D eigenvalue weighted by Crippen LogP contribution is 2.21. The van der Waals surface area contributed by atoms with Gasteiger partial charge in [-0.15, -0.1) is 0 Å². The van der Waals surface area contributed by atoms with Crippen molar-refractivity contribution in [3.63, 3.8) is 0 Å². The molecule has 13 heavy (non-hydrogen) atoms. The van der Waals surface area contributed by atoms with Crippen molar-refractivity contribution in [1.82, 2.24) is 0 Å². The molecule has 1 saturated heterocycles. The zero-order valence-electron chi connectivity index (χ0n) is 6.65. The standard InChI is InChI=1S/C6H12O7/c7-1-2-3(8)4(9)5(13-11)6(10)12-2/h2-11H,1H2/t2-,3-,4+,5-,6-/m1/s1. The van der Waals surface area contributed by atoms with Crippen molar-refractivity contribution in [1.29, 1.82) is 0 Å². The van der Waals surface area contributed by atoms with Crippen LogP contribution in [0.2, 0.25) is 0 Å². The van der Waals surface area contributed by atoms with Gasteiger partial charge in [-0.05, 0) is 0 Å². The zero-order valence-corrected chi connectivity index (χ0v) is 6.65. The second-order valence-electron chi connectivity index (χ2n) is 2.80. The molecule has 7 nitrogen and oxygen atoms in total. The highest BCUT2D eigenvalue weighted by molar-refractivity contribution is 4.88. The third-order valence-electron chi connectivity index (χ3n) is 1.96. The fourth-order valence-corrected chi connectivity index (χ4v) is 1.19. The highest BCUT2D eigenvalue weighted by Gasteiger charge is 2.44. The Morgan fingerprint density at radius 3 is 2.23 bits per heavy atom. The lowest BCUT2D eigenvalue weighted by molar-refractivity contribution is -0.381. The minimum Gasteiger partial charge on any atom is -0.394 e. The molecule has 0 amide bonds. The third-order valence-corrected chi connectivity index (χ3v) is 1.96. The van der Waals surface area contributed by atoms with Crippen molar-refractivity contribution < 1.29 is 35.3 Å². The maximum Gasteiger partial charge on any atom is 0.187 e. The molecule has 0 aromatic rings. The fraction of sp³-hybridized carbons (Fsp3) is 1.00. The third kappa shape index (κ3) is 1.97. The van der Waals surface area contributed by atoms with Crippen LogP contribution in [-0.4, -0.2) is 63.0 Å². The molecule has 78 valence electrons. The molecule has 1 fully saturated rings. The number of hydrogen-bond donors (Lipinski definition) is 5. The van der Waals surface area contributed by atoms with Crippen molar-refractivity contribution in [2.45, 2.75) is 30.7 Å². The number of rotatable bonds is 2. The molecule has 0 radical (unpaired) electrons. The van der Waals surface area contributed by atoms with Gasteiger partial charge in [-0.3, -0.25) is 5.26 Å². The van der Waals surface area contributed by atoms with E-state index in [1.807, 2.05) is 0 Å². The first-order valence-electron chi connectivity index (χ1n) is 3.72. The monoisotopic (exact) mass is 196 g/mol. The van der Waals surface area contributed by atoms with Crippen LogP contribution in [0.5, 0.6) is 0 Å². The summed E-state index contributed by atoms with van der Waals surface area (Å²) in [6.07, 6.45) is -7.02. The summed E-state index contributed by atoms with van der Waals surface area (Å²) in [6.45, 7) is -0.548. The molecular formula is C6H12O7. The maximum absolute atomic E-state index is 9.22. The summed E-state index contributed by atoms with van der Waals surface area (Å²) in [5.41, 5.74) is 0. The van der Waals surface area contributed by atoms with Gasteiger partial charge in [-0.2, -0.15) is 0 Å². The van der Waals surface area contributed by atoms with Crippen LogP contribution in [0.15, 0.2) is 0 Å². The van der Waals surface area contributed by atoms with Gasteiger partial charge in [-0.1, -0.05) is 0 Å². The van der Waals surface area contributed by atoms with Gasteiger partial charge in [0, 0.05) is 0 Å². The average molecular weight is 196 g/mol. The lowest BCUT2D eigenvalue weighted by Crippen LogP contribution is -2.59. The van der Waals surface area contributed by atoms with Gasteiger partial charge in [-0.25, -0.2) is 4.89 Å². The van der Waals surface area contributed by atoms with Crippen LogP contribution in [0.3, 0.4) is 0 Å². The predicted molar refractivity (Wildman–Crippen MR) is 37.5 cm³/mol. The molecule has 0 saturated carbocycles. The predicted octanol–water partition coefficient (Wildman–Crippen LogP) is -2.72. The zero-order chi connectivity index (χ0) is 10.0. The van der Waals surface area contributed by atoms with Crippen LogP contribution in [0.4, 0.5) is 0 Å². The SMILES string of the molecule is OC[C@H]1O[C@@H](O)[C@H](OO)[C@@H](O)[C@@H]1O. The van der Waals surface area contributed by atoms with E-state index in [2.05, 4.69) is 9.62 Å². The summed E-state index contributed by atoms with van der Waals surface area (Å²) in [7, 11) is 0. The molecule has 0 aromatic heterocycles. The molecule has 0 aliphatic carbocycles. The quantitative estimate of drug-likeness (QED) is 0.240. The lowest BCUT2D eigenvalue weighted by Gasteiger charge is -2.38. The molecule has 0 aromatic carbocycles. The Bertz CT molecular complexity index is 163. The molecule has 5 atom stereocenters. The van der Waals surface area contributed by atoms with Crippen LogP contribution in [0.1, 0.15) is 0 Å². The Balaban J connectivity index is 2.66. The molecule has 5 N–H and O–H groups in total. The van der Waals surface area contributed by atoms with E-state index in [9.17, 15) is 10.2 Å². The molecule has 0 spiro atoms. The summed E-state index contributed by atoms with van der Waals surface area (Å²) in [6, 6.07) is 0. The molecular weight excluding hydrogens is 184 g/mol. The number of ether oxygens (including phenoxy) is 1. The topological polar surface area (TPSA) is 120 Å². The van der Waals surface area contributed by atoms with Crippen LogP contribution in [0, 0.1) is 0 Å². The van der Waals surface area contributed by atoms with E-state index in [1.54, 1.807) is 0 Å². The largest absolute Gasteiger partial charge is 0.394 e. The van der Waals surface area contributed by atoms with Crippen molar-refractivity contribution in [3.8, 4) is 0 Å². The molecule has 0 unspecified atom stereocenters. The Hall–Kier alpha value is -0.280. The fourth-order valence-electron chi connectivity index (χ4n) is 1.19. The van der Waals surface area contributed by atoms with E-state index < -0.39 is 37.3 Å². The average Bonchev–Trinajstić information content (AvgIpc) is 2.12. The van der Waals surface area contributed by atoms with E-state index >= 15 is 0 Å². The Morgan fingerprint density at radius 1 is 1.15 bits per heavy atom. The van der Waals surface area contributed by atoms with E-state index in [-0.39, 0.29) is 0 Å². The first-order valence-corrected chi connectivity index (χ1v) is 3.72. The van der Waals surface area contributed by atoms with Gasteiger partial charge < -0.3 is 25.2 Å². The smallest absolute Gasteiger partial charge is 0.187 e. The van der Waals surface area contributed by atoms with Gasteiger partial charge in [0.05, 0.1) is 6.61 Å². The van der Waals surface area contributed by atoms with Crippen LogP contribution in [0.25, 0.3) is 0 Å². The van der Waals surface area contributed by atoms with Gasteiger partial charge in [0.25, 0.3) is 0 Å². The van der Waals surface area contributed by atoms with Crippen LogP contribution < -0.4 is 0 Å². The summed E-state index contributed by atoms with van der Waals surface area (Å²) in [4.78, 5) is 3.71. The molecule has 1 aliphatic rings. The van der Waals surface area contributed by atoms with Crippen molar-refractivity contribution in [2.24, 2.45) is 0 Å². The summed E-state index contributed by atoms with van der Waals surface area (Å²) >= 11 is 0. The summed E-state index contributed by atoms with van der Waals surface area (Å²) in [5, 5.41) is 44.4. The van der Waals surface area contributed by atoms with Crippen molar-refractivity contribution in [3.05, 3.63) is 0 Å². The minimum absolute atomic E-state index is 0.548. The van der Waals surface area contributed by atoms with Gasteiger partial charge in [0.15, 0.2) is 12.4 Å². The second kappa shape index (κ2) is 4.29. The van der Waals surface area contributed by atoms with Crippen LogP contribution in [-0.2, 0) is 9.62 Å². The molecule has 1 rings (SSSR count).